The summed E-state index contributed by atoms with van der Waals surface area (Å²) in [5.41, 5.74) is 4.59. The quantitative estimate of drug-likeness (QED) is 0.756. The van der Waals surface area contributed by atoms with Crippen LogP contribution in [0.5, 0.6) is 0 Å². The Morgan fingerprint density at radius 2 is 1.94 bits per heavy atom. The van der Waals surface area contributed by atoms with Crippen LogP contribution in [0.2, 0.25) is 0 Å². The SMILES string of the molecule is CCCNC(c1cc(CC)ccc1CC)C1CC1. The molecule has 1 N–H and O–H groups in total. The van der Waals surface area contributed by atoms with E-state index in [0.29, 0.717) is 6.04 Å². The van der Waals surface area contributed by atoms with Crippen molar-refractivity contribution in [3.05, 3.63) is 34.9 Å². The van der Waals surface area contributed by atoms with Crippen molar-refractivity contribution in [1.82, 2.24) is 5.32 Å². The molecule has 1 heteroatoms. The second-order valence-corrected chi connectivity index (χ2v) is 5.51. The van der Waals surface area contributed by atoms with Gasteiger partial charge in [0.2, 0.25) is 0 Å². The summed E-state index contributed by atoms with van der Waals surface area (Å²) < 4.78 is 0. The van der Waals surface area contributed by atoms with Crippen LogP contribution in [-0.4, -0.2) is 6.54 Å². The normalized spacial score (nSPS) is 16.8. The monoisotopic (exact) mass is 245 g/mol. The van der Waals surface area contributed by atoms with Crippen LogP contribution >= 0.6 is 0 Å². The molecule has 1 nitrogen and oxygen atoms in total. The Kier molecular flexibility index (Phi) is 4.82. The molecule has 0 saturated heterocycles. The molecule has 1 unspecified atom stereocenters. The lowest BCUT2D eigenvalue weighted by Gasteiger charge is -2.22. The van der Waals surface area contributed by atoms with Crippen LogP contribution < -0.4 is 5.32 Å². The van der Waals surface area contributed by atoms with Crippen molar-refractivity contribution in [2.24, 2.45) is 5.92 Å². The first-order valence-electron chi connectivity index (χ1n) is 7.65. The number of rotatable bonds is 7. The first-order valence-corrected chi connectivity index (χ1v) is 7.65. The van der Waals surface area contributed by atoms with E-state index in [0.717, 1.165) is 25.3 Å². The molecule has 1 saturated carbocycles. The molecule has 100 valence electrons. The third-order valence-corrected chi connectivity index (χ3v) is 4.04. The van der Waals surface area contributed by atoms with E-state index in [-0.39, 0.29) is 0 Å². The minimum Gasteiger partial charge on any atom is -0.310 e. The van der Waals surface area contributed by atoms with Gasteiger partial charge in [-0.15, -0.1) is 0 Å². The van der Waals surface area contributed by atoms with Crippen molar-refractivity contribution >= 4 is 0 Å². The lowest BCUT2D eigenvalue weighted by Crippen LogP contribution is -2.25. The molecule has 0 bridgehead atoms. The zero-order chi connectivity index (χ0) is 13.0. The van der Waals surface area contributed by atoms with Gasteiger partial charge in [0.25, 0.3) is 0 Å². The molecule has 0 spiro atoms. The van der Waals surface area contributed by atoms with Gasteiger partial charge in [-0.3, -0.25) is 0 Å². The molecule has 1 fully saturated rings. The molecule has 1 aromatic carbocycles. The Morgan fingerprint density at radius 3 is 2.50 bits per heavy atom. The number of aryl methyl sites for hydroxylation is 2. The minimum atomic E-state index is 0.603. The van der Waals surface area contributed by atoms with Gasteiger partial charge in [-0.05, 0) is 61.3 Å². The van der Waals surface area contributed by atoms with E-state index in [1.54, 1.807) is 5.56 Å². The lowest BCUT2D eigenvalue weighted by atomic mass is 9.92. The topological polar surface area (TPSA) is 12.0 Å². The first-order chi connectivity index (χ1) is 8.80. The van der Waals surface area contributed by atoms with Gasteiger partial charge in [0.15, 0.2) is 0 Å². The second-order valence-electron chi connectivity index (χ2n) is 5.51. The summed E-state index contributed by atoms with van der Waals surface area (Å²) in [6.45, 7) is 7.91. The molecule has 0 heterocycles. The average Bonchev–Trinajstić information content (AvgIpc) is 3.23. The number of hydrogen-bond acceptors (Lipinski definition) is 1. The predicted molar refractivity (Wildman–Crippen MR) is 79.0 cm³/mol. The summed E-state index contributed by atoms with van der Waals surface area (Å²) in [5, 5.41) is 3.77. The second kappa shape index (κ2) is 6.38. The highest BCUT2D eigenvalue weighted by atomic mass is 14.9. The Bertz CT molecular complexity index is 379. The Labute approximate surface area is 112 Å². The lowest BCUT2D eigenvalue weighted by molar-refractivity contribution is 0.478. The Balaban J connectivity index is 2.25. The third kappa shape index (κ3) is 3.14. The molecule has 0 amide bonds. The molecule has 1 aliphatic carbocycles. The van der Waals surface area contributed by atoms with E-state index in [4.69, 9.17) is 0 Å². The summed E-state index contributed by atoms with van der Waals surface area (Å²) in [7, 11) is 0. The molecule has 1 aliphatic rings. The van der Waals surface area contributed by atoms with Crippen molar-refractivity contribution in [2.75, 3.05) is 6.54 Å². The minimum absolute atomic E-state index is 0.603. The van der Waals surface area contributed by atoms with E-state index >= 15 is 0 Å². The molecule has 18 heavy (non-hydrogen) atoms. The van der Waals surface area contributed by atoms with Gasteiger partial charge in [-0.25, -0.2) is 0 Å². The maximum atomic E-state index is 3.77. The molecule has 0 aromatic heterocycles. The van der Waals surface area contributed by atoms with Gasteiger partial charge in [0.1, 0.15) is 0 Å². The molecular weight excluding hydrogens is 218 g/mol. The Hall–Kier alpha value is -0.820. The fraction of sp³-hybridized carbons (Fsp3) is 0.647. The van der Waals surface area contributed by atoms with Crippen LogP contribution in [0.25, 0.3) is 0 Å². The van der Waals surface area contributed by atoms with Crippen LogP contribution in [0.4, 0.5) is 0 Å². The van der Waals surface area contributed by atoms with E-state index < -0.39 is 0 Å². The summed E-state index contributed by atoms with van der Waals surface area (Å²) in [5.74, 6) is 0.883. The average molecular weight is 245 g/mol. The number of hydrogen-bond donors (Lipinski definition) is 1. The fourth-order valence-electron chi connectivity index (χ4n) is 2.74. The maximum Gasteiger partial charge on any atom is 0.0351 e. The van der Waals surface area contributed by atoms with Crippen LogP contribution in [0.15, 0.2) is 18.2 Å². The van der Waals surface area contributed by atoms with Gasteiger partial charge in [-0.2, -0.15) is 0 Å². The van der Waals surface area contributed by atoms with Gasteiger partial charge in [0.05, 0.1) is 0 Å². The summed E-state index contributed by atoms with van der Waals surface area (Å²) in [6, 6.07) is 7.69. The van der Waals surface area contributed by atoms with Gasteiger partial charge < -0.3 is 5.32 Å². The molecule has 1 aromatic rings. The smallest absolute Gasteiger partial charge is 0.0351 e. The number of nitrogens with one attached hydrogen (secondary N) is 1. The molecule has 1 atom stereocenters. The standard InChI is InChI=1S/C17H27N/c1-4-11-18-17(15-9-10-15)16-12-13(5-2)7-8-14(16)6-3/h7-8,12,15,17-18H,4-6,9-11H2,1-3H3. The first kappa shape index (κ1) is 13.6. The molecule has 0 radical (unpaired) electrons. The summed E-state index contributed by atoms with van der Waals surface area (Å²) in [4.78, 5) is 0. The zero-order valence-corrected chi connectivity index (χ0v) is 12.1. The van der Waals surface area contributed by atoms with Crippen molar-refractivity contribution in [3.63, 3.8) is 0 Å². The van der Waals surface area contributed by atoms with Crippen molar-refractivity contribution in [2.45, 2.75) is 58.9 Å². The van der Waals surface area contributed by atoms with Crippen molar-refractivity contribution in [3.8, 4) is 0 Å². The van der Waals surface area contributed by atoms with E-state index in [1.165, 1.54) is 30.4 Å². The Morgan fingerprint density at radius 1 is 1.17 bits per heavy atom. The summed E-state index contributed by atoms with van der Waals surface area (Å²) in [6.07, 6.45) is 6.32. The van der Waals surface area contributed by atoms with Gasteiger partial charge >= 0.3 is 0 Å². The third-order valence-electron chi connectivity index (χ3n) is 4.04. The molecular formula is C17H27N. The van der Waals surface area contributed by atoms with E-state index in [1.807, 2.05) is 0 Å². The zero-order valence-electron chi connectivity index (χ0n) is 12.1. The predicted octanol–water partition coefficient (Wildman–Crippen LogP) is 4.26. The van der Waals surface area contributed by atoms with Crippen LogP contribution in [0.1, 0.15) is 62.8 Å². The highest BCUT2D eigenvalue weighted by Gasteiger charge is 2.32. The van der Waals surface area contributed by atoms with Crippen LogP contribution in [0.3, 0.4) is 0 Å². The van der Waals surface area contributed by atoms with Gasteiger partial charge in [0, 0.05) is 6.04 Å². The highest BCUT2D eigenvalue weighted by Crippen LogP contribution is 2.42. The van der Waals surface area contributed by atoms with E-state index in [9.17, 15) is 0 Å². The van der Waals surface area contributed by atoms with Crippen molar-refractivity contribution in [1.29, 1.82) is 0 Å². The van der Waals surface area contributed by atoms with Crippen molar-refractivity contribution < 1.29 is 0 Å². The van der Waals surface area contributed by atoms with Crippen LogP contribution in [0, 0.1) is 5.92 Å². The van der Waals surface area contributed by atoms with Gasteiger partial charge in [-0.1, -0.05) is 39.0 Å². The maximum absolute atomic E-state index is 3.77. The summed E-state index contributed by atoms with van der Waals surface area (Å²) >= 11 is 0. The highest BCUT2D eigenvalue weighted by molar-refractivity contribution is 5.35. The fourth-order valence-corrected chi connectivity index (χ4v) is 2.74. The largest absolute Gasteiger partial charge is 0.310 e. The van der Waals surface area contributed by atoms with E-state index in [2.05, 4.69) is 44.3 Å². The van der Waals surface area contributed by atoms with Crippen LogP contribution in [-0.2, 0) is 12.8 Å². The number of benzene rings is 1. The molecule has 0 aliphatic heterocycles. The molecule has 2 rings (SSSR count).